The van der Waals surface area contributed by atoms with E-state index in [1.165, 1.54) is 16.4 Å². The average Bonchev–Trinajstić information content (AvgIpc) is 2.12. The molecule has 0 saturated heterocycles. The van der Waals surface area contributed by atoms with E-state index in [1.54, 1.807) is 0 Å². The van der Waals surface area contributed by atoms with E-state index in [2.05, 4.69) is 67.2 Å². The zero-order valence-corrected chi connectivity index (χ0v) is 14.6. The summed E-state index contributed by atoms with van der Waals surface area (Å²) in [5.74, 6) is 0. The molecule has 1 nitrogen and oxygen atoms in total. The summed E-state index contributed by atoms with van der Waals surface area (Å²) in [6.45, 7) is 21.0. The zero-order valence-electron chi connectivity index (χ0n) is 13.6. The Kier molecular flexibility index (Phi) is 3.84. The molecular weight excluding hydrogens is 234 g/mol. The van der Waals surface area contributed by atoms with E-state index in [0.29, 0.717) is 0 Å². The van der Waals surface area contributed by atoms with Gasteiger partial charge in [-0.25, -0.2) is 0 Å². The minimum absolute atomic E-state index is 0.159. The molecule has 0 unspecified atom stereocenters. The zero-order chi connectivity index (χ0) is 14.4. The third-order valence-electron chi connectivity index (χ3n) is 3.22. The van der Waals surface area contributed by atoms with Gasteiger partial charge in [-0.1, -0.05) is 61.2 Å². The number of nitrogens with zero attached hydrogens (tertiary/aromatic N) is 1. The van der Waals surface area contributed by atoms with Crippen LogP contribution in [0.3, 0.4) is 0 Å². The summed E-state index contributed by atoms with van der Waals surface area (Å²) in [7, 11) is -1.41. The molecule has 1 aromatic heterocycles. The van der Waals surface area contributed by atoms with Crippen molar-refractivity contribution in [2.24, 2.45) is 0 Å². The minimum Gasteiger partial charge on any atom is -0.266 e. The standard InChI is InChI=1S/C16H29NSi/c1-15(2,3)12-10-11-17-14(18(7,8)9)13(12)16(4,5)6/h10-11H,1-9H3. The molecule has 0 radical (unpaired) electrons. The van der Waals surface area contributed by atoms with Crippen LogP contribution in [-0.2, 0) is 10.8 Å². The lowest BCUT2D eigenvalue weighted by molar-refractivity contribution is 0.531. The first-order valence-electron chi connectivity index (χ1n) is 6.85. The number of hydrogen-bond donors (Lipinski definition) is 0. The van der Waals surface area contributed by atoms with Crippen molar-refractivity contribution in [1.29, 1.82) is 0 Å². The Labute approximate surface area is 114 Å². The molecule has 0 aliphatic rings. The number of aromatic nitrogens is 1. The van der Waals surface area contributed by atoms with Crippen LogP contribution in [0.25, 0.3) is 0 Å². The van der Waals surface area contributed by atoms with E-state index in [4.69, 9.17) is 4.98 Å². The summed E-state index contributed by atoms with van der Waals surface area (Å²) in [5.41, 5.74) is 3.28. The molecule has 0 spiro atoms. The van der Waals surface area contributed by atoms with E-state index in [-0.39, 0.29) is 10.8 Å². The van der Waals surface area contributed by atoms with Crippen molar-refractivity contribution in [2.75, 3.05) is 0 Å². The van der Waals surface area contributed by atoms with Gasteiger partial charge in [0.2, 0.25) is 0 Å². The summed E-state index contributed by atoms with van der Waals surface area (Å²) >= 11 is 0. The van der Waals surface area contributed by atoms with E-state index in [0.717, 1.165) is 0 Å². The first-order chi connectivity index (χ1) is 7.85. The molecule has 0 atom stereocenters. The average molecular weight is 264 g/mol. The van der Waals surface area contributed by atoms with Gasteiger partial charge in [0.25, 0.3) is 0 Å². The van der Waals surface area contributed by atoms with Crippen molar-refractivity contribution in [3.05, 3.63) is 23.4 Å². The van der Waals surface area contributed by atoms with Gasteiger partial charge in [0.05, 0.1) is 0 Å². The molecule has 1 aromatic rings. The molecule has 0 amide bonds. The van der Waals surface area contributed by atoms with Crippen LogP contribution < -0.4 is 5.32 Å². The first-order valence-corrected chi connectivity index (χ1v) is 10.4. The van der Waals surface area contributed by atoms with Crippen LogP contribution in [-0.4, -0.2) is 13.1 Å². The van der Waals surface area contributed by atoms with Gasteiger partial charge in [-0.2, -0.15) is 0 Å². The molecular formula is C16H29NSi. The molecule has 0 fully saturated rings. The molecule has 1 heterocycles. The largest absolute Gasteiger partial charge is 0.266 e. The fourth-order valence-electron chi connectivity index (χ4n) is 2.41. The minimum atomic E-state index is -1.41. The quantitative estimate of drug-likeness (QED) is 0.691. The number of pyridine rings is 1. The van der Waals surface area contributed by atoms with Crippen LogP contribution >= 0.6 is 0 Å². The van der Waals surface area contributed by atoms with E-state index in [9.17, 15) is 0 Å². The van der Waals surface area contributed by atoms with Gasteiger partial charge in [0, 0.05) is 11.5 Å². The predicted molar refractivity (Wildman–Crippen MR) is 84.6 cm³/mol. The van der Waals surface area contributed by atoms with Crippen LogP contribution in [0.1, 0.15) is 52.7 Å². The molecule has 0 aliphatic heterocycles. The highest BCUT2D eigenvalue weighted by molar-refractivity contribution is 6.88. The van der Waals surface area contributed by atoms with Gasteiger partial charge in [-0.3, -0.25) is 4.98 Å². The summed E-state index contributed by atoms with van der Waals surface area (Å²) in [6.07, 6.45) is 2.00. The molecule has 1 rings (SSSR count). The fourth-order valence-corrected chi connectivity index (χ4v) is 4.14. The number of hydrogen-bond acceptors (Lipinski definition) is 1. The van der Waals surface area contributed by atoms with Gasteiger partial charge < -0.3 is 0 Å². The molecule has 18 heavy (non-hydrogen) atoms. The fraction of sp³-hybridized carbons (Fsp3) is 0.688. The molecule has 2 heteroatoms. The third kappa shape index (κ3) is 3.22. The SMILES string of the molecule is CC(C)(C)c1ccnc([Si](C)(C)C)c1C(C)(C)C. The Balaban J connectivity index is 3.68. The second-order valence-electron chi connectivity index (χ2n) is 8.33. The molecule has 0 bridgehead atoms. The molecule has 0 aliphatic carbocycles. The van der Waals surface area contributed by atoms with Crippen molar-refractivity contribution in [1.82, 2.24) is 4.98 Å². The molecule has 0 N–H and O–H groups in total. The topological polar surface area (TPSA) is 12.9 Å². The summed E-state index contributed by atoms with van der Waals surface area (Å²) in [4.78, 5) is 4.75. The van der Waals surface area contributed by atoms with Crippen LogP contribution in [0, 0.1) is 0 Å². The van der Waals surface area contributed by atoms with Crippen LogP contribution in [0.15, 0.2) is 12.3 Å². The smallest absolute Gasteiger partial charge is 0.102 e. The highest BCUT2D eigenvalue weighted by Crippen LogP contribution is 2.33. The van der Waals surface area contributed by atoms with Gasteiger partial charge in [-0.15, -0.1) is 0 Å². The van der Waals surface area contributed by atoms with Gasteiger partial charge in [0.1, 0.15) is 8.07 Å². The van der Waals surface area contributed by atoms with Crippen molar-refractivity contribution in [3.8, 4) is 0 Å². The second kappa shape index (κ2) is 4.48. The van der Waals surface area contributed by atoms with Crippen LogP contribution in [0.2, 0.25) is 19.6 Å². The van der Waals surface area contributed by atoms with E-state index in [1.807, 2.05) is 6.20 Å². The Morgan fingerprint density at radius 2 is 1.39 bits per heavy atom. The third-order valence-corrected chi connectivity index (χ3v) is 5.02. The summed E-state index contributed by atoms with van der Waals surface area (Å²) in [5, 5.41) is 1.38. The Bertz CT molecular complexity index is 396. The maximum atomic E-state index is 4.75. The number of rotatable bonds is 1. The van der Waals surface area contributed by atoms with Crippen molar-refractivity contribution in [3.63, 3.8) is 0 Å². The lowest BCUT2D eigenvalue weighted by atomic mass is 9.76. The monoisotopic (exact) mass is 263 g/mol. The summed E-state index contributed by atoms with van der Waals surface area (Å²) < 4.78 is 0. The predicted octanol–water partition coefficient (Wildman–Crippen LogP) is 4.22. The van der Waals surface area contributed by atoms with Gasteiger partial charge >= 0.3 is 0 Å². The maximum absolute atomic E-state index is 4.75. The van der Waals surface area contributed by atoms with Gasteiger partial charge in [-0.05, 0) is 28.0 Å². The Hall–Kier alpha value is -0.633. The van der Waals surface area contributed by atoms with E-state index >= 15 is 0 Å². The molecule has 0 saturated carbocycles. The summed E-state index contributed by atoms with van der Waals surface area (Å²) in [6, 6.07) is 2.21. The van der Waals surface area contributed by atoms with Crippen molar-refractivity contribution >= 4 is 13.4 Å². The highest BCUT2D eigenvalue weighted by atomic mass is 28.3. The Morgan fingerprint density at radius 1 is 0.889 bits per heavy atom. The lowest BCUT2D eigenvalue weighted by Crippen LogP contribution is -2.46. The lowest BCUT2D eigenvalue weighted by Gasteiger charge is -2.34. The van der Waals surface area contributed by atoms with Crippen LogP contribution in [0.4, 0.5) is 0 Å². The normalized spacial score (nSPS) is 13.8. The van der Waals surface area contributed by atoms with Gasteiger partial charge in [0.15, 0.2) is 0 Å². The molecule has 0 aromatic carbocycles. The molecule has 102 valence electrons. The van der Waals surface area contributed by atoms with Crippen molar-refractivity contribution in [2.45, 2.75) is 72.0 Å². The van der Waals surface area contributed by atoms with E-state index < -0.39 is 8.07 Å². The van der Waals surface area contributed by atoms with Crippen molar-refractivity contribution < 1.29 is 0 Å². The second-order valence-corrected chi connectivity index (χ2v) is 13.3. The highest BCUT2D eigenvalue weighted by Gasteiger charge is 2.32. The van der Waals surface area contributed by atoms with Crippen LogP contribution in [0.5, 0.6) is 0 Å². The Morgan fingerprint density at radius 3 is 1.72 bits per heavy atom. The first kappa shape index (κ1) is 15.4. The maximum Gasteiger partial charge on any atom is 0.102 e.